The van der Waals surface area contributed by atoms with Gasteiger partial charge in [0.2, 0.25) is 0 Å². The first-order valence-electron chi connectivity index (χ1n) is 2.54. The van der Waals surface area contributed by atoms with Crippen LogP contribution in [0.15, 0.2) is 0 Å². The molecule has 15 heavy (non-hydrogen) atoms. The van der Waals surface area contributed by atoms with Gasteiger partial charge in [0.1, 0.15) is 0 Å². The fraction of sp³-hybridized carbons (Fsp3) is 1.00. The van der Waals surface area contributed by atoms with E-state index in [9.17, 15) is 39.2 Å². The number of halogens is 7. The standard InChI is InChI=1S/C3HF7O3S.Mg.2H/c4-1(5,2(6,7)8)3(9,10)14(11,12)13;;;/h(H,11,12,13);;;/q;+2;2*-1. The SMILES string of the molecule is O=S(=O)(O)C(F)(F)C(F)(F)C(F)(F)F.[H-].[H-].[Mg+2]. The third-order valence-corrected chi connectivity index (χ3v) is 1.95. The second kappa shape index (κ2) is 4.22. The molecule has 0 aromatic heterocycles. The molecule has 90 valence electrons. The smallest absolute Gasteiger partial charge is 1.00 e. The van der Waals surface area contributed by atoms with Crippen LogP contribution in [0.2, 0.25) is 0 Å². The molecule has 0 unspecified atom stereocenters. The molecular weight excluding hydrogens is 273 g/mol. The van der Waals surface area contributed by atoms with E-state index in [0.29, 0.717) is 0 Å². The summed E-state index contributed by atoms with van der Waals surface area (Å²) in [7, 11) is -6.85. The van der Waals surface area contributed by atoms with Gasteiger partial charge in [-0.3, -0.25) is 4.55 Å². The van der Waals surface area contributed by atoms with Gasteiger partial charge in [-0.1, -0.05) is 0 Å². The molecule has 3 nitrogen and oxygen atoms in total. The van der Waals surface area contributed by atoms with Gasteiger partial charge in [-0.2, -0.15) is 39.2 Å². The van der Waals surface area contributed by atoms with Crippen LogP contribution in [0, 0.1) is 0 Å². The van der Waals surface area contributed by atoms with Crippen molar-refractivity contribution in [3.05, 3.63) is 0 Å². The largest absolute Gasteiger partial charge is 2.00 e. The van der Waals surface area contributed by atoms with Crippen molar-refractivity contribution in [1.82, 2.24) is 0 Å². The summed E-state index contributed by atoms with van der Waals surface area (Å²) in [5, 5.41) is -6.61. The predicted octanol–water partition coefficient (Wildman–Crippen LogP) is 1.51. The Hall–Kier alpha value is 0.186. The third kappa shape index (κ3) is 2.85. The molecule has 0 aliphatic rings. The summed E-state index contributed by atoms with van der Waals surface area (Å²) in [5.41, 5.74) is 0. The van der Waals surface area contributed by atoms with E-state index in [1.165, 1.54) is 0 Å². The van der Waals surface area contributed by atoms with Crippen molar-refractivity contribution in [2.45, 2.75) is 17.4 Å². The van der Waals surface area contributed by atoms with Crippen LogP contribution in [0.1, 0.15) is 2.85 Å². The molecular formula is C3H3F7MgO3S. The fourth-order valence-corrected chi connectivity index (χ4v) is 0.767. The molecule has 0 radical (unpaired) electrons. The number of hydrogen-bond acceptors (Lipinski definition) is 2. The molecule has 0 saturated heterocycles. The molecule has 0 aliphatic carbocycles. The molecule has 0 atom stereocenters. The molecule has 0 aromatic rings. The van der Waals surface area contributed by atoms with Crippen molar-refractivity contribution in [3.63, 3.8) is 0 Å². The number of alkyl halides is 7. The Morgan fingerprint density at radius 1 is 0.933 bits per heavy atom. The van der Waals surface area contributed by atoms with Crippen LogP contribution >= 0.6 is 0 Å². The maximum absolute atomic E-state index is 11.9. The molecule has 0 spiro atoms. The first-order chi connectivity index (χ1) is 5.75. The quantitative estimate of drug-likeness (QED) is 0.472. The summed E-state index contributed by atoms with van der Waals surface area (Å²) in [6.07, 6.45) is -6.79. The molecule has 0 amide bonds. The molecule has 0 fully saturated rings. The summed E-state index contributed by atoms with van der Waals surface area (Å²) in [6, 6.07) is 0. The molecule has 12 heteroatoms. The summed E-state index contributed by atoms with van der Waals surface area (Å²) >= 11 is 0. The van der Waals surface area contributed by atoms with Crippen LogP contribution in [0.4, 0.5) is 30.7 Å². The van der Waals surface area contributed by atoms with Crippen LogP contribution < -0.4 is 0 Å². The minimum absolute atomic E-state index is 0. The van der Waals surface area contributed by atoms with Crippen LogP contribution in [-0.2, 0) is 10.1 Å². The third-order valence-electron chi connectivity index (χ3n) is 1.05. The minimum atomic E-state index is -6.85. The van der Waals surface area contributed by atoms with Crippen molar-refractivity contribution in [2.24, 2.45) is 0 Å². The molecule has 0 aromatic carbocycles. The molecule has 0 aliphatic heterocycles. The Balaban J connectivity index is -0.000000282. The van der Waals surface area contributed by atoms with Gasteiger partial charge >= 0.3 is 50.5 Å². The Labute approximate surface area is 97.5 Å². The minimum Gasteiger partial charge on any atom is -1.00 e. The van der Waals surface area contributed by atoms with Crippen molar-refractivity contribution in [2.75, 3.05) is 0 Å². The summed E-state index contributed by atoms with van der Waals surface area (Å²) < 4.78 is 108. The second-order valence-electron chi connectivity index (χ2n) is 2.06. The maximum atomic E-state index is 11.9. The van der Waals surface area contributed by atoms with Crippen LogP contribution in [0.5, 0.6) is 0 Å². The normalized spacial score (nSPS) is 14.7. The van der Waals surface area contributed by atoms with Gasteiger partial charge in [-0.25, -0.2) is 0 Å². The average molecular weight is 276 g/mol. The summed E-state index contributed by atoms with van der Waals surface area (Å²) in [6.45, 7) is 0. The van der Waals surface area contributed by atoms with E-state index in [1.807, 2.05) is 0 Å². The molecule has 1 N–H and O–H groups in total. The summed E-state index contributed by atoms with van der Waals surface area (Å²) in [4.78, 5) is 0. The van der Waals surface area contributed by atoms with Gasteiger partial charge in [0.15, 0.2) is 0 Å². The molecule has 0 bridgehead atoms. The average Bonchev–Trinajstić information content (AvgIpc) is 1.81. The first-order valence-corrected chi connectivity index (χ1v) is 3.98. The fourth-order valence-electron chi connectivity index (χ4n) is 0.327. The first kappa shape index (κ1) is 17.6. The maximum Gasteiger partial charge on any atom is 2.00 e. The van der Waals surface area contributed by atoms with Crippen molar-refractivity contribution in [1.29, 1.82) is 0 Å². The van der Waals surface area contributed by atoms with E-state index in [1.54, 1.807) is 0 Å². The van der Waals surface area contributed by atoms with Crippen LogP contribution in [0.25, 0.3) is 0 Å². The second-order valence-corrected chi connectivity index (χ2v) is 3.53. The van der Waals surface area contributed by atoms with Gasteiger partial charge in [0, 0.05) is 0 Å². The zero-order valence-electron chi connectivity index (χ0n) is 8.52. The Morgan fingerprint density at radius 3 is 1.27 bits per heavy atom. The zero-order chi connectivity index (χ0) is 12.0. The van der Waals surface area contributed by atoms with Crippen molar-refractivity contribution in [3.8, 4) is 0 Å². The van der Waals surface area contributed by atoms with E-state index < -0.39 is 27.5 Å². The number of rotatable bonds is 2. The van der Waals surface area contributed by atoms with E-state index >= 15 is 0 Å². The van der Waals surface area contributed by atoms with Gasteiger partial charge < -0.3 is 2.85 Å². The monoisotopic (exact) mass is 276 g/mol. The Morgan fingerprint density at radius 2 is 1.20 bits per heavy atom. The zero-order valence-corrected chi connectivity index (χ0v) is 8.76. The van der Waals surface area contributed by atoms with Crippen molar-refractivity contribution >= 4 is 33.2 Å². The summed E-state index contributed by atoms with van der Waals surface area (Å²) in [5.74, 6) is -6.85. The van der Waals surface area contributed by atoms with E-state index in [4.69, 9.17) is 4.55 Å². The predicted molar refractivity (Wildman–Crippen MR) is 35.5 cm³/mol. The van der Waals surface area contributed by atoms with Gasteiger partial charge in [0.25, 0.3) is 0 Å². The van der Waals surface area contributed by atoms with E-state index in [0.717, 1.165) is 0 Å². The van der Waals surface area contributed by atoms with E-state index in [2.05, 4.69) is 0 Å². The van der Waals surface area contributed by atoms with Gasteiger partial charge in [0.05, 0.1) is 0 Å². The number of hydrogen-bond donors (Lipinski definition) is 1. The Kier molecular flexibility index (Phi) is 4.94. The van der Waals surface area contributed by atoms with Crippen LogP contribution in [-0.4, -0.2) is 53.4 Å². The molecule has 0 heterocycles. The molecule has 0 rings (SSSR count). The Bertz CT molecular complexity index is 328. The molecule has 0 saturated carbocycles. The topological polar surface area (TPSA) is 54.4 Å². The van der Waals surface area contributed by atoms with Gasteiger partial charge in [-0.05, 0) is 0 Å². The van der Waals surface area contributed by atoms with Crippen LogP contribution in [0.3, 0.4) is 0 Å². The van der Waals surface area contributed by atoms with Gasteiger partial charge in [-0.15, -0.1) is 0 Å². The van der Waals surface area contributed by atoms with Crippen molar-refractivity contribution < 1.29 is 46.6 Å². The van der Waals surface area contributed by atoms with E-state index in [-0.39, 0.29) is 25.9 Å².